The normalized spacial score (nSPS) is 12.1. The van der Waals surface area contributed by atoms with Crippen molar-refractivity contribution in [1.82, 2.24) is 23.7 Å². The number of nitrogens with zero attached hydrogens (tertiary/aromatic N) is 4. The average Bonchev–Trinajstić information content (AvgIpc) is 3.10. The van der Waals surface area contributed by atoms with Crippen LogP contribution in [0.25, 0.3) is 4.96 Å². The molecule has 0 radical (unpaired) electrons. The number of aryl methyl sites for hydroxylation is 1. The predicted octanol–water partition coefficient (Wildman–Crippen LogP) is -0.107. The van der Waals surface area contributed by atoms with E-state index >= 15 is 0 Å². The molecule has 4 N–H and O–H groups in total. The largest absolute Gasteiger partial charge is 0.337 e. The fraction of sp³-hybridized carbons (Fsp3) is 0.200. The minimum atomic E-state index is -3.79. The average molecular weight is 327 g/mol. The smallest absolute Gasteiger partial charge is 0.260 e. The molecule has 11 heteroatoms. The molecule has 0 aliphatic carbocycles. The first-order valence-corrected chi connectivity index (χ1v) is 8.27. The van der Waals surface area contributed by atoms with E-state index in [9.17, 15) is 8.42 Å². The molecule has 3 heterocycles. The van der Waals surface area contributed by atoms with Gasteiger partial charge in [-0.2, -0.15) is 4.98 Å². The molecule has 112 valence electrons. The summed E-state index contributed by atoms with van der Waals surface area (Å²) in [6, 6.07) is 0. The minimum Gasteiger partial charge on any atom is -0.337 e. The van der Waals surface area contributed by atoms with Crippen molar-refractivity contribution in [2.24, 2.45) is 12.9 Å². The molecule has 21 heavy (non-hydrogen) atoms. The van der Waals surface area contributed by atoms with Crippen molar-refractivity contribution in [3.05, 3.63) is 29.8 Å². The van der Waals surface area contributed by atoms with Crippen molar-refractivity contribution >= 4 is 32.1 Å². The van der Waals surface area contributed by atoms with Crippen molar-refractivity contribution in [1.29, 1.82) is 0 Å². The summed E-state index contributed by atoms with van der Waals surface area (Å²) in [6.45, 7) is 0.0766. The van der Waals surface area contributed by atoms with Gasteiger partial charge in [-0.15, -0.1) is 11.3 Å². The van der Waals surface area contributed by atoms with Gasteiger partial charge in [-0.1, -0.05) is 0 Å². The highest BCUT2D eigenvalue weighted by Gasteiger charge is 2.25. The third-order valence-electron chi connectivity index (χ3n) is 2.95. The zero-order chi connectivity index (χ0) is 15.0. The van der Waals surface area contributed by atoms with E-state index in [-0.39, 0.29) is 17.4 Å². The molecule has 0 aliphatic rings. The van der Waals surface area contributed by atoms with Crippen LogP contribution in [0.15, 0.2) is 29.0 Å². The van der Waals surface area contributed by atoms with E-state index in [1.54, 1.807) is 35.6 Å². The van der Waals surface area contributed by atoms with Gasteiger partial charge in [0.05, 0.1) is 6.54 Å². The molecule has 0 atom stereocenters. The SMILES string of the molecule is Cn1ccnc1CNS(=O)(=O)c1c(NN)nc2sccn12. The highest BCUT2D eigenvalue weighted by Crippen LogP contribution is 2.24. The van der Waals surface area contributed by atoms with E-state index in [4.69, 9.17) is 5.84 Å². The number of anilines is 1. The predicted molar refractivity (Wildman–Crippen MR) is 78.1 cm³/mol. The van der Waals surface area contributed by atoms with Crippen LogP contribution in [-0.4, -0.2) is 27.4 Å². The zero-order valence-electron chi connectivity index (χ0n) is 11.0. The molecule has 0 aromatic carbocycles. The van der Waals surface area contributed by atoms with Crippen LogP contribution in [0.5, 0.6) is 0 Å². The Morgan fingerprint density at radius 3 is 2.90 bits per heavy atom. The fourth-order valence-electron chi connectivity index (χ4n) is 1.91. The van der Waals surface area contributed by atoms with E-state index in [1.165, 1.54) is 15.7 Å². The number of nitrogens with one attached hydrogen (secondary N) is 2. The Bertz CT molecular complexity index is 876. The Morgan fingerprint density at radius 1 is 1.43 bits per heavy atom. The molecule has 0 fully saturated rings. The first-order valence-electron chi connectivity index (χ1n) is 5.91. The summed E-state index contributed by atoms with van der Waals surface area (Å²) in [5, 5.41) is 1.73. The number of nitrogen functional groups attached to an aromatic ring is 1. The van der Waals surface area contributed by atoms with Crippen LogP contribution < -0.4 is 16.0 Å². The number of aromatic nitrogens is 4. The lowest BCUT2D eigenvalue weighted by atomic mass is 10.6. The summed E-state index contributed by atoms with van der Waals surface area (Å²) in [5.74, 6) is 6.06. The Balaban J connectivity index is 1.96. The number of sulfonamides is 1. The second kappa shape index (κ2) is 5.11. The molecule has 3 rings (SSSR count). The van der Waals surface area contributed by atoms with Gasteiger partial charge in [-0.05, 0) is 0 Å². The summed E-state index contributed by atoms with van der Waals surface area (Å²) >= 11 is 1.32. The number of thiazole rings is 1. The molecule has 0 saturated carbocycles. The zero-order valence-corrected chi connectivity index (χ0v) is 12.6. The molecule has 0 spiro atoms. The second-order valence-electron chi connectivity index (χ2n) is 4.24. The van der Waals surface area contributed by atoms with Gasteiger partial charge >= 0.3 is 0 Å². The molecular formula is C10H13N7O2S2. The maximum atomic E-state index is 12.5. The highest BCUT2D eigenvalue weighted by atomic mass is 32.2. The van der Waals surface area contributed by atoms with Crippen LogP contribution in [0.1, 0.15) is 5.82 Å². The Labute approximate surface area is 124 Å². The van der Waals surface area contributed by atoms with Crippen molar-refractivity contribution in [3.8, 4) is 0 Å². The second-order valence-corrected chi connectivity index (χ2v) is 6.80. The lowest BCUT2D eigenvalue weighted by molar-refractivity contribution is 0.573. The Morgan fingerprint density at radius 2 is 2.24 bits per heavy atom. The third-order valence-corrected chi connectivity index (χ3v) is 5.13. The summed E-state index contributed by atoms with van der Waals surface area (Å²) in [4.78, 5) is 8.74. The van der Waals surface area contributed by atoms with Crippen LogP contribution in [0.2, 0.25) is 0 Å². The van der Waals surface area contributed by atoms with E-state index in [1.807, 2.05) is 0 Å². The number of hydrazine groups is 1. The van der Waals surface area contributed by atoms with E-state index < -0.39 is 10.0 Å². The topological polar surface area (TPSA) is 119 Å². The molecule has 0 unspecified atom stereocenters. The van der Waals surface area contributed by atoms with Crippen LogP contribution in [0.4, 0.5) is 5.82 Å². The van der Waals surface area contributed by atoms with Crippen molar-refractivity contribution in [2.45, 2.75) is 11.6 Å². The summed E-state index contributed by atoms with van der Waals surface area (Å²) < 4.78 is 30.7. The summed E-state index contributed by atoms with van der Waals surface area (Å²) in [5.41, 5.74) is 2.32. The quantitative estimate of drug-likeness (QED) is 0.444. The van der Waals surface area contributed by atoms with Crippen LogP contribution in [0.3, 0.4) is 0 Å². The molecule has 0 aliphatic heterocycles. The van der Waals surface area contributed by atoms with Gasteiger partial charge < -0.3 is 9.99 Å². The van der Waals surface area contributed by atoms with Crippen molar-refractivity contribution in [2.75, 3.05) is 5.43 Å². The lowest BCUT2D eigenvalue weighted by Crippen LogP contribution is -2.27. The van der Waals surface area contributed by atoms with Gasteiger partial charge in [-0.25, -0.2) is 24.0 Å². The molecule has 0 amide bonds. The Hall–Kier alpha value is -1.95. The monoisotopic (exact) mass is 327 g/mol. The number of imidazole rings is 2. The van der Waals surface area contributed by atoms with Gasteiger partial charge in [-0.3, -0.25) is 4.40 Å². The van der Waals surface area contributed by atoms with Crippen LogP contribution >= 0.6 is 11.3 Å². The van der Waals surface area contributed by atoms with Gasteiger partial charge in [0.15, 0.2) is 10.8 Å². The first kappa shape index (κ1) is 14.0. The number of hydrogen-bond donors (Lipinski definition) is 3. The maximum Gasteiger partial charge on any atom is 0.260 e. The fourth-order valence-corrected chi connectivity index (χ4v) is 3.90. The molecular weight excluding hydrogens is 314 g/mol. The summed E-state index contributed by atoms with van der Waals surface area (Å²) in [7, 11) is -2.00. The number of hydrogen-bond acceptors (Lipinski definition) is 7. The minimum absolute atomic E-state index is 0.0181. The van der Waals surface area contributed by atoms with Crippen molar-refractivity contribution in [3.63, 3.8) is 0 Å². The molecule has 3 aromatic heterocycles. The Kier molecular flexibility index (Phi) is 3.41. The number of rotatable bonds is 5. The molecule has 3 aromatic rings. The van der Waals surface area contributed by atoms with E-state index in [0.29, 0.717) is 10.8 Å². The molecule has 0 bridgehead atoms. The third kappa shape index (κ3) is 2.40. The standard InChI is InChI=1S/C10H13N7O2S2/c1-16-3-2-12-7(16)6-13-21(18,19)9-8(15-11)14-10-17(9)4-5-20-10/h2-5,13,15H,6,11H2,1H3. The van der Waals surface area contributed by atoms with Gasteiger partial charge in [0, 0.05) is 31.0 Å². The van der Waals surface area contributed by atoms with Crippen LogP contribution in [0, 0.1) is 0 Å². The van der Waals surface area contributed by atoms with E-state index in [2.05, 4.69) is 20.1 Å². The highest BCUT2D eigenvalue weighted by molar-refractivity contribution is 7.89. The van der Waals surface area contributed by atoms with Crippen LogP contribution in [-0.2, 0) is 23.6 Å². The number of nitrogens with two attached hydrogens (primary N) is 1. The maximum absolute atomic E-state index is 12.5. The molecule has 0 saturated heterocycles. The first-order chi connectivity index (χ1) is 10.0. The van der Waals surface area contributed by atoms with Gasteiger partial charge in [0.25, 0.3) is 10.0 Å². The number of fused-ring (bicyclic) bond motifs is 1. The van der Waals surface area contributed by atoms with Gasteiger partial charge in [0.1, 0.15) is 5.82 Å². The lowest BCUT2D eigenvalue weighted by Gasteiger charge is -2.07. The van der Waals surface area contributed by atoms with Gasteiger partial charge in [0.2, 0.25) is 5.03 Å². The molecule has 9 nitrogen and oxygen atoms in total. The van der Waals surface area contributed by atoms with E-state index in [0.717, 1.165) is 0 Å². The summed E-state index contributed by atoms with van der Waals surface area (Å²) in [6.07, 6.45) is 4.97. The van der Waals surface area contributed by atoms with Crippen molar-refractivity contribution < 1.29 is 8.42 Å².